The number of aryl methyl sites for hydroxylation is 2. The van der Waals surface area contributed by atoms with Gasteiger partial charge in [0.2, 0.25) is 0 Å². The van der Waals surface area contributed by atoms with Crippen molar-refractivity contribution in [3.05, 3.63) is 35.4 Å². The lowest BCUT2D eigenvalue weighted by atomic mass is 10.0. The Morgan fingerprint density at radius 3 is 1.83 bits per heavy atom. The Bertz CT molecular complexity index is 983. The Kier molecular flexibility index (Phi) is 12.6. The summed E-state index contributed by atoms with van der Waals surface area (Å²) < 4.78 is 22.2. The fourth-order valence-corrected chi connectivity index (χ4v) is 4.23. The van der Waals surface area contributed by atoms with Gasteiger partial charge in [0.25, 0.3) is 0 Å². The third kappa shape index (κ3) is 9.03. The van der Waals surface area contributed by atoms with Crippen LogP contribution in [0, 0.1) is 25.7 Å². The molecule has 0 amide bonds. The summed E-state index contributed by atoms with van der Waals surface area (Å²) in [5, 5.41) is 1.35. The average molecular weight is 501 g/mol. The van der Waals surface area contributed by atoms with Crippen molar-refractivity contribution in [1.82, 2.24) is 0 Å². The van der Waals surface area contributed by atoms with E-state index in [0.29, 0.717) is 52.9 Å². The molecule has 2 atom stereocenters. The van der Waals surface area contributed by atoms with Gasteiger partial charge in [0.1, 0.15) is 11.5 Å². The summed E-state index contributed by atoms with van der Waals surface area (Å²) in [4.78, 5) is 25.0. The second-order valence-electron chi connectivity index (χ2n) is 9.73. The van der Waals surface area contributed by atoms with E-state index in [4.69, 9.17) is 18.9 Å². The van der Waals surface area contributed by atoms with Crippen LogP contribution in [0.3, 0.4) is 0 Å². The SMILES string of the molecule is CCCCC(CC)COC(=O)Oc1cc(C)c(OC(=O)OCC(CC)CCCC)c2ccc(C)cc12. The fraction of sp³-hybridized carbons (Fsp3) is 0.600. The minimum absolute atomic E-state index is 0.328. The van der Waals surface area contributed by atoms with E-state index in [1.807, 2.05) is 32.0 Å². The lowest BCUT2D eigenvalue weighted by molar-refractivity contribution is 0.0797. The molecule has 0 aliphatic carbocycles. The third-order valence-electron chi connectivity index (χ3n) is 6.73. The van der Waals surface area contributed by atoms with Crippen LogP contribution in [0.5, 0.6) is 11.5 Å². The number of hydrogen-bond donors (Lipinski definition) is 0. The highest BCUT2D eigenvalue weighted by Crippen LogP contribution is 2.37. The van der Waals surface area contributed by atoms with Crippen LogP contribution >= 0.6 is 0 Å². The molecule has 6 nitrogen and oxygen atoms in total. The van der Waals surface area contributed by atoms with Crippen molar-refractivity contribution in [3.63, 3.8) is 0 Å². The molecule has 2 rings (SSSR count). The summed E-state index contributed by atoms with van der Waals surface area (Å²) in [6.45, 7) is 13.0. The van der Waals surface area contributed by atoms with E-state index in [0.717, 1.165) is 56.9 Å². The summed E-state index contributed by atoms with van der Waals surface area (Å²) in [6.07, 6.45) is 6.98. The van der Waals surface area contributed by atoms with E-state index in [-0.39, 0.29) is 0 Å². The lowest BCUT2D eigenvalue weighted by Gasteiger charge is -2.17. The smallest absolute Gasteiger partial charge is 0.434 e. The van der Waals surface area contributed by atoms with Crippen LogP contribution in [0.25, 0.3) is 10.8 Å². The molecular formula is C30H44O6. The van der Waals surface area contributed by atoms with Gasteiger partial charge in [-0.05, 0) is 56.2 Å². The minimum Gasteiger partial charge on any atom is -0.434 e. The summed E-state index contributed by atoms with van der Waals surface area (Å²) >= 11 is 0. The van der Waals surface area contributed by atoms with Crippen LogP contribution < -0.4 is 9.47 Å². The number of hydrogen-bond acceptors (Lipinski definition) is 6. The molecule has 0 saturated carbocycles. The molecule has 0 heterocycles. The van der Waals surface area contributed by atoms with Crippen LogP contribution in [-0.2, 0) is 9.47 Å². The van der Waals surface area contributed by atoms with Gasteiger partial charge in [-0.1, -0.05) is 83.9 Å². The molecule has 0 radical (unpaired) electrons. The zero-order valence-corrected chi connectivity index (χ0v) is 23.0. The predicted molar refractivity (Wildman–Crippen MR) is 144 cm³/mol. The number of benzene rings is 2. The van der Waals surface area contributed by atoms with E-state index in [9.17, 15) is 9.59 Å². The molecule has 0 N–H and O–H groups in total. The molecule has 0 saturated heterocycles. The molecule has 6 heteroatoms. The fourth-order valence-electron chi connectivity index (χ4n) is 4.23. The molecule has 2 aromatic carbocycles. The average Bonchev–Trinajstić information content (AvgIpc) is 2.86. The summed E-state index contributed by atoms with van der Waals surface area (Å²) in [5.74, 6) is 1.44. The summed E-state index contributed by atoms with van der Waals surface area (Å²) in [7, 11) is 0. The minimum atomic E-state index is -0.724. The zero-order valence-electron chi connectivity index (χ0n) is 23.0. The first-order valence-electron chi connectivity index (χ1n) is 13.6. The van der Waals surface area contributed by atoms with Gasteiger partial charge in [-0.25, -0.2) is 9.59 Å². The Balaban J connectivity index is 2.15. The van der Waals surface area contributed by atoms with Crippen LogP contribution in [0.2, 0.25) is 0 Å². The van der Waals surface area contributed by atoms with Gasteiger partial charge in [-0.3, -0.25) is 0 Å². The molecule has 36 heavy (non-hydrogen) atoms. The second kappa shape index (κ2) is 15.4. The van der Waals surface area contributed by atoms with Gasteiger partial charge in [0, 0.05) is 10.8 Å². The zero-order chi connectivity index (χ0) is 26.5. The first-order chi connectivity index (χ1) is 17.3. The Morgan fingerprint density at radius 1 is 0.750 bits per heavy atom. The van der Waals surface area contributed by atoms with Crippen LogP contribution in [-0.4, -0.2) is 25.5 Å². The topological polar surface area (TPSA) is 71.1 Å². The quantitative estimate of drug-likeness (QED) is 0.190. The maximum absolute atomic E-state index is 12.5. The second-order valence-corrected chi connectivity index (χ2v) is 9.73. The molecular weight excluding hydrogens is 456 g/mol. The number of unbranched alkanes of at least 4 members (excludes halogenated alkanes) is 2. The van der Waals surface area contributed by atoms with Crippen molar-refractivity contribution in [2.45, 2.75) is 92.9 Å². The molecule has 0 fully saturated rings. The number of fused-ring (bicyclic) bond motifs is 1. The first kappa shape index (κ1) is 29.5. The molecule has 0 aliphatic rings. The molecule has 2 unspecified atom stereocenters. The third-order valence-corrected chi connectivity index (χ3v) is 6.73. The number of carbonyl (C=O) groups excluding carboxylic acids is 2. The Hall–Kier alpha value is -2.76. The molecule has 0 spiro atoms. The van der Waals surface area contributed by atoms with E-state index in [1.54, 1.807) is 6.07 Å². The van der Waals surface area contributed by atoms with E-state index in [2.05, 4.69) is 27.7 Å². The molecule has 0 aromatic heterocycles. The molecule has 200 valence electrons. The van der Waals surface area contributed by atoms with Crippen LogP contribution in [0.1, 0.15) is 90.2 Å². The van der Waals surface area contributed by atoms with Crippen molar-refractivity contribution in [1.29, 1.82) is 0 Å². The van der Waals surface area contributed by atoms with Crippen molar-refractivity contribution >= 4 is 23.1 Å². The lowest BCUT2D eigenvalue weighted by Crippen LogP contribution is -2.18. The predicted octanol–water partition coefficient (Wildman–Crippen LogP) is 8.92. The number of carbonyl (C=O) groups is 2. The van der Waals surface area contributed by atoms with Gasteiger partial charge in [0.05, 0.1) is 13.2 Å². The maximum atomic E-state index is 12.5. The normalized spacial score (nSPS) is 12.7. The molecule has 2 aromatic rings. The highest BCUT2D eigenvalue weighted by molar-refractivity contribution is 5.97. The van der Waals surface area contributed by atoms with E-state index < -0.39 is 12.3 Å². The highest BCUT2D eigenvalue weighted by Gasteiger charge is 2.20. The van der Waals surface area contributed by atoms with Crippen molar-refractivity contribution in [3.8, 4) is 11.5 Å². The van der Waals surface area contributed by atoms with Crippen LogP contribution in [0.4, 0.5) is 9.59 Å². The number of rotatable bonds is 14. The van der Waals surface area contributed by atoms with Gasteiger partial charge >= 0.3 is 12.3 Å². The van der Waals surface area contributed by atoms with Crippen molar-refractivity contribution < 1.29 is 28.5 Å². The summed E-state index contributed by atoms with van der Waals surface area (Å²) in [6, 6.07) is 7.41. The summed E-state index contributed by atoms with van der Waals surface area (Å²) in [5.41, 5.74) is 1.66. The van der Waals surface area contributed by atoms with E-state index >= 15 is 0 Å². The van der Waals surface area contributed by atoms with Crippen molar-refractivity contribution in [2.24, 2.45) is 11.8 Å². The number of ether oxygens (including phenoxy) is 4. The largest absolute Gasteiger partial charge is 0.513 e. The Morgan fingerprint density at radius 2 is 1.31 bits per heavy atom. The van der Waals surface area contributed by atoms with Gasteiger partial charge in [0.15, 0.2) is 0 Å². The van der Waals surface area contributed by atoms with E-state index in [1.165, 1.54) is 0 Å². The Labute approximate surface area is 216 Å². The molecule has 0 bridgehead atoms. The van der Waals surface area contributed by atoms with Crippen molar-refractivity contribution in [2.75, 3.05) is 13.2 Å². The first-order valence-corrected chi connectivity index (χ1v) is 13.6. The van der Waals surface area contributed by atoms with Gasteiger partial charge in [-0.2, -0.15) is 0 Å². The standard InChI is InChI=1S/C30H44O6/c1-7-11-13-23(9-3)19-33-29(31)35-27-18-22(6)28(25-16-15-21(5)17-26(25)27)36-30(32)34-20-24(10-4)14-12-8-2/h15-18,23-24H,7-14,19-20H2,1-6H3. The van der Waals surface area contributed by atoms with Crippen LogP contribution in [0.15, 0.2) is 24.3 Å². The highest BCUT2D eigenvalue weighted by atomic mass is 16.7. The maximum Gasteiger partial charge on any atom is 0.513 e. The van der Waals surface area contributed by atoms with Gasteiger partial charge < -0.3 is 18.9 Å². The molecule has 0 aliphatic heterocycles. The van der Waals surface area contributed by atoms with Gasteiger partial charge in [-0.15, -0.1) is 0 Å². The monoisotopic (exact) mass is 500 g/mol.